The van der Waals surface area contributed by atoms with E-state index in [-0.39, 0.29) is 56.9 Å². The van der Waals surface area contributed by atoms with E-state index in [0.29, 0.717) is 12.4 Å². The van der Waals surface area contributed by atoms with E-state index in [4.69, 9.17) is 4.74 Å². The van der Waals surface area contributed by atoms with E-state index in [1.807, 2.05) is 6.92 Å². The van der Waals surface area contributed by atoms with E-state index in [2.05, 4.69) is 6.58 Å². The van der Waals surface area contributed by atoms with Gasteiger partial charge in [-0.05, 0) is 31.1 Å². The molecule has 1 aromatic carbocycles. The van der Waals surface area contributed by atoms with Crippen molar-refractivity contribution < 1.29 is 69.1 Å². The standard InChI is InChI=1S/C12H15BF3O.K/c1-4-9(2)8-17-11-5-6-12(10(3)7-11)13(14,15)16;/h5-7H,2,4,8H2,1,3H3;/q-1;+1. The molecule has 0 amide bonds. The Kier molecular flexibility index (Phi) is 7.86. The zero-order valence-electron chi connectivity index (χ0n) is 11.0. The van der Waals surface area contributed by atoms with Crippen molar-refractivity contribution in [1.82, 2.24) is 0 Å². The van der Waals surface area contributed by atoms with Crippen LogP contribution in [-0.2, 0) is 0 Å². The SMILES string of the molecule is C=C(CC)COc1ccc([B-](F)(F)F)c(C)c1.[K+]. The van der Waals surface area contributed by atoms with E-state index >= 15 is 0 Å². The molecular weight excluding hydrogens is 267 g/mol. The van der Waals surface area contributed by atoms with Gasteiger partial charge < -0.3 is 17.7 Å². The summed E-state index contributed by atoms with van der Waals surface area (Å²) < 4.78 is 43.0. The van der Waals surface area contributed by atoms with Gasteiger partial charge in [-0.3, -0.25) is 0 Å². The van der Waals surface area contributed by atoms with Crippen molar-refractivity contribution in [3.63, 3.8) is 0 Å². The first-order valence-corrected chi connectivity index (χ1v) is 5.44. The average molecular weight is 282 g/mol. The van der Waals surface area contributed by atoms with Crippen molar-refractivity contribution in [2.75, 3.05) is 6.61 Å². The third kappa shape index (κ3) is 5.49. The Balaban J connectivity index is 0.00000289. The second kappa shape index (κ2) is 7.75. The van der Waals surface area contributed by atoms with Crippen LogP contribution in [-0.4, -0.2) is 13.6 Å². The molecule has 0 aliphatic rings. The Morgan fingerprint density at radius 3 is 2.39 bits per heavy atom. The molecule has 0 heterocycles. The zero-order chi connectivity index (χ0) is 13.1. The van der Waals surface area contributed by atoms with E-state index in [0.717, 1.165) is 18.1 Å². The summed E-state index contributed by atoms with van der Waals surface area (Å²) in [5.74, 6) is 0.445. The fraction of sp³-hybridized carbons (Fsp3) is 0.333. The van der Waals surface area contributed by atoms with Gasteiger partial charge in [0.15, 0.2) is 0 Å². The van der Waals surface area contributed by atoms with Gasteiger partial charge in [0.05, 0.1) is 0 Å². The molecule has 6 heteroatoms. The molecule has 1 aromatic rings. The van der Waals surface area contributed by atoms with Crippen LogP contribution in [0.2, 0.25) is 0 Å². The van der Waals surface area contributed by atoms with Crippen LogP contribution in [0.5, 0.6) is 5.75 Å². The van der Waals surface area contributed by atoms with E-state index in [1.165, 1.54) is 19.1 Å². The van der Waals surface area contributed by atoms with E-state index in [9.17, 15) is 12.9 Å². The van der Waals surface area contributed by atoms with Crippen molar-refractivity contribution in [3.05, 3.63) is 35.9 Å². The van der Waals surface area contributed by atoms with Crippen LogP contribution in [0.1, 0.15) is 18.9 Å². The Bertz CT molecular complexity index is 418. The molecule has 1 rings (SSSR count). The predicted molar refractivity (Wildman–Crippen MR) is 64.8 cm³/mol. The first-order valence-electron chi connectivity index (χ1n) is 5.44. The molecule has 0 radical (unpaired) electrons. The largest absolute Gasteiger partial charge is 1.00 e. The minimum absolute atomic E-state index is 0. The van der Waals surface area contributed by atoms with Crippen LogP contribution in [0.4, 0.5) is 12.9 Å². The molecule has 0 N–H and O–H groups in total. The number of hydrogen-bond acceptors (Lipinski definition) is 1. The zero-order valence-corrected chi connectivity index (χ0v) is 14.1. The summed E-state index contributed by atoms with van der Waals surface area (Å²) in [7, 11) is 0. The second-order valence-corrected chi connectivity index (χ2v) is 3.99. The monoisotopic (exact) mass is 282 g/mol. The first kappa shape index (κ1) is 18.3. The Morgan fingerprint density at radius 2 is 1.94 bits per heavy atom. The molecule has 0 aromatic heterocycles. The molecule has 0 spiro atoms. The number of benzene rings is 1. The van der Waals surface area contributed by atoms with Crippen molar-refractivity contribution in [2.45, 2.75) is 20.3 Å². The maximum atomic E-state index is 12.6. The van der Waals surface area contributed by atoms with Crippen LogP contribution in [0.15, 0.2) is 30.4 Å². The van der Waals surface area contributed by atoms with Crippen LogP contribution in [0.25, 0.3) is 0 Å². The molecule has 0 bridgehead atoms. The van der Waals surface area contributed by atoms with Gasteiger partial charge in [0.2, 0.25) is 0 Å². The van der Waals surface area contributed by atoms with E-state index in [1.54, 1.807) is 0 Å². The van der Waals surface area contributed by atoms with Gasteiger partial charge in [0.1, 0.15) is 12.4 Å². The fourth-order valence-corrected chi connectivity index (χ4v) is 1.39. The van der Waals surface area contributed by atoms with Crippen molar-refractivity contribution in [3.8, 4) is 5.75 Å². The van der Waals surface area contributed by atoms with Crippen LogP contribution in [0.3, 0.4) is 0 Å². The molecule has 1 nitrogen and oxygen atoms in total. The Labute approximate surface area is 148 Å². The smallest absolute Gasteiger partial charge is 0.489 e. The summed E-state index contributed by atoms with van der Waals surface area (Å²) in [6.07, 6.45) is 0.794. The Hall–Kier alpha value is 0.251. The third-order valence-electron chi connectivity index (χ3n) is 2.54. The average Bonchev–Trinajstić information content (AvgIpc) is 2.24. The van der Waals surface area contributed by atoms with Crippen LogP contribution < -0.4 is 61.6 Å². The van der Waals surface area contributed by atoms with E-state index < -0.39 is 12.4 Å². The van der Waals surface area contributed by atoms with Gasteiger partial charge in [-0.15, -0.1) is 5.46 Å². The van der Waals surface area contributed by atoms with Gasteiger partial charge in [0.25, 0.3) is 0 Å². The second-order valence-electron chi connectivity index (χ2n) is 3.99. The number of aryl methyl sites for hydroxylation is 1. The molecule has 94 valence electrons. The van der Waals surface area contributed by atoms with Gasteiger partial charge in [0, 0.05) is 0 Å². The Morgan fingerprint density at radius 1 is 1.33 bits per heavy atom. The summed E-state index contributed by atoms with van der Waals surface area (Å²) >= 11 is 0. The summed E-state index contributed by atoms with van der Waals surface area (Å²) in [5, 5.41) is 0. The van der Waals surface area contributed by atoms with Crippen molar-refractivity contribution in [1.29, 1.82) is 0 Å². The first-order chi connectivity index (χ1) is 7.84. The molecule has 0 aliphatic heterocycles. The fourth-order valence-electron chi connectivity index (χ4n) is 1.39. The summed E-state index contributed by atoms with van der Waals surface area (Å²) in [6.45, 7) is 2.55. The molecular formula is C12H15BF3KO. The predicted octanol–water partition coefficient (Wildman–Crippen LogP) is 0.398. The molecule has 18 heavy (non-hydrogen) atoms. The van der Waals surface area contributed by atoms with Crippen LogP contribution in [0, 0.1) is 6.92 Å². The minimum Gasteiger partial charge on any atom is -0.489 e. The molecule has 0 saturated heterocycles. The minimum atomic E-state index is -4.95. The summed E-state index contributed by atoms with van der Waals surface area (Å²) in [4.78, 5) is 0. The molecule has 0 atom stereocenters. The molecule has 0 saturated carbocycles. The third-order valence-corrected chi connectivity index (χ3v) is 2.54. The van der Waals surface area contributed by atoms with Crippen molar-refractivity contribution in [2.24, 2.45) is 0 Å². The molecule has 0 unspecified atom stereocenters. The van der Waals surface area contributed by atoms with Gasteiger partial charge in [-0.1, -0.05) is 25.1 Å². The number of rotatable bonds is 5. The number of ether oxygens (including phenoxy) is 1. The van der Waals surface area contributed by atoms with Gasteiger partial charge >= 0.3 is 58.4 Å². The summed E-state index contributed by atoms with van der Waals surface area (Å²) in [6, 6.07) is 3.83. The molecule has 0 aliphatic carbocycles. The van der Waals surface area contributed by atoms with Crippen LogP contribution >= 0.6 is 0 Å². The molecule has 0 fully saturated rings. The van der Waals surface area contributed by atoms with Gasteiger partial charge in [-0.25, -0.2) is 0 Å². The topological polar surface area (TPSA) is 9.23 Å². The van der Waals surface area contributed by atoms with Crippen molar-refractivity contribution >= 4 is 12.4 Å². The normalized spacial score (nSPS) is 10.7. The maximum absolute atomic E-state index is 12.6. The quantitative estimate of drug-likeness (QED) is 0.561. The summed E-state index contributed by atoms with van der Waals surface area (Å²) in [5.41, 5.74) is 0.538. The number of halogens is 3. The number of hydrogen-bond donors (Lipinski definition) is 0. The van der Waals surface area contributed by atoms with Gasteiger partial charge in [-0.2, -0.15) is 0 Å². The maximum Gasteiger partial charge on any atom is 1.00 e.